The zero-order chi connectivity index (χ0) is 18.2. The molecule has 0 aromatic heterocycles. The van der Waals surface area contributed by atoms with E-state index < -0.39 is 0 Å². The molecule has 0 aliphatic carbocycles. The van der Waals surface area contributed by atoms with E-state index in [-0.39, 0.29) is 0 Å². The molecule has 0 fully saturated rings. The van der Waals surface area contributed by atoms with Gasteiger partial charge in [-0.2, -0.15) is 0 Å². The molecule has 2 rings (SSSR count). The van der Waals surface area contributed by atoms with Crippen molar-refractivity contribution in [1.29, 1.82) is 0 Å². The second-order valence-electron chi connectivity index (χ2n) is 5.64. The second kappa shape index (κ2) is 8.87. The van der Waals surface area contributed by atoms with E-state index in [0.717, 1.165) is 39.4 Å². The van der Waals surface area contributed by atoms with Gasteiger partial charge >= 0.3 is 0 Å². The van der Waals surface area contributed by atoms with Gasteiger partial charge in [0.05, 0.1) is 18.5 Å². The quantitative estimate of drug-likeness (QED) is 0.557. The molecule has 0 unspecified atom stereocenters. The van der Waals surface area contributed by atoms with E-state index in [2.05, 4.69) is 10.3 Å². The van der Waals surface area contributed by atoms with Crippen LogP contribution in [0.5, 0.6) is 5.75 Å². The molecule has 0 N–H and O–H groups in total. The summed E-state index contributed by atoms with van der Waals surface area (Å²) in [6.45, 7) is 6.22. The predicted octanol–water partition coefficient (Wildman–Crippen LogP) is 4.31. The van der Waals surface area contributed by atoms with E-state index in [1.807, 2.05) is 63.2 Å². The highest BCUT2D eigenvalue weighted by molar-refractivity contribution is 6.00. The van der Waals surface area contributed by atoms with Crippen LogP contribution in [0.15, 0.2) is 52.8 Å². The molecule has 0 atom stereocenters. The van der Waals surface area contributed by atoms with Crippen molar-refractivity contribution in [3.8, 4) is 5.75 Å². The number of benzene rings is 2. The SMILES string of the molecule is CO/N=C(/C)c1cccc(C)c1CO/N=C(\C)c1cccc(OC)c1. The summed E-state index contributed by atoms with van der Waals surface area (Å²) < 4.78 is 5.24. The van der Waals surface area contributed by atoms with Crippen LogP contribution in [-0.4, -0.2) is 25.6 Å². The van der Waals surface area contributed by atoms with Crippen LogP contribution in [0.25, 0.3) is 0 Å². The first-order chi connectivity index (χ1) is 12.1. The fraction of sp³-hybridized carbons (Fsp3) is 0.300. The number of rotatable bonds is 7. The first kappa shape index (κ1) is 18.5. The van der Waals surface area contributed by atoms with E-state index in [4.69, 9.17) is 14.4 Å². The van der Waals surface area contributed by atoms with Gasteiger partial charge in [0.2, 0.25) is 0 Å². The van der Waals surface area contributed by atoms with Crippen molar-refractivity contribution in [1.82, 2.24) is 0 Å². The molecule has 0 amide bonds. The van der Waals surface area contributed by atoms with Gasteiger partial charge in [0.25, 0.3) is 0 Å². The van der Waals surface area contributed by atoms with Crippen molar-refractivity contribution < 1.29 is 14.4 Å². The van der Waals surface area contributed by atoms with Crippen LogP contribution in [0.4, 0.5) is 0 Å². The third-order valence-electron chi connectivity index (χ3n) is 3.93. The lowest BCUT2D eigenvalue weighted by Gasteiger charge is -2.11. The molecule has 0 aliphatic rings. The van der Waals surface area contributed by atoms with E-state index >= 15 is 0 Å². The van der Waals surface area contributed by atoms with Crippen LogP contribution < -0.4 is 4.74 Å². The fourth-order valence-electron chi connectivity index (χ4n) is 2.51. The van der Waals surface area contributed by atoms with Gasteiger partial charge in [-0.25, -0.2) is 0 Å². The van der Waals surface area contributed by atoms with Gasteiger partial charge in [-0.15, -0.1) is 0 Å². The molecule has 2 aromatic rings. The third-order valence-corrected chi connectivity index (χ3v) is 3.93. The van der Waals surface area contributed by atoms with Crippen molar-refractivity contribution in [3.05, 3.63) is 64.7 Å². The first-order valence-electron chi connectivity index (χ1n) is 8.04. The summed E-state index contributed by atoms with van der Waals surface area (Å²) in [4.78, 5) is 10.5. The Hall–Kier alpha value is -2.82. The van der Waals surface area contributed by atoms with E-state index in [1.54, 1.807) is 7.11 Å². The minimum absolute atomic E-state index is 0.361. The highest BCUT2D eigenvalue weighted by atomic mass is 16.6. The molecular weight excluding hydrogens is 316 g/mol. The average Bonchev–Trinajstić information content (AvgIpc) is 2.63. The normalized spacial score (nSPS) is 12.0. The lowest BCUT2D eigenvalue weighted by atomic mass is 10.00. The maximum Gasteiger partial charge on any atom is 0.143 e. The molecule has 0 aliphatic heterocycles. The van der Waals surface area contributed by atoms with Crippen LogP contribution in [-0.2, 0) is 16.3 Å². The Morgan fingerprint density at radius 3 is 2.44 bits per heavy atom. The summed E-state index contributed by atoms with van der Waals surface area (Å²) in [6, 6.07) is 13.8. The van der Waals surface area contributed by atoms with Crippen LogP contribution in [0.2, 0.25) is 0 Å². The molecule has 5 nitrogen and oxygen atoms in total. The van der Waals surface area contributed by atoms with Gasteiger partial charge < -0.3 is 14.4 Å². The van der Waals surface area contributed by atoms with Crippen LogP contribution in [0.1, 0.15) is 36.1 Å². The Morgan fingerprint density at radius 2 is 1.72 bits per heavy atom. The summed E-state index contributed by atoms with van der Waals surface area (Å²) in [5.74, 6) is 0.791. The van der Waals surface area contributed by atoms with E-state index in [9.17, 15) is 0 Å². The lowest BCUT2D eigenvalue weighted by molar-refractivity contribution is 0.130. The van der Waals surface area contributed by atoms with E-state index in [0.29, 0.717) is 6.61 Å². The number of aryl methyl sites for hydroxylation is 1. The molecule has 25 heavy (non-hydrogen) atoms. The Morgan fingerprint density at radius 1 is 0.960 bits per heavy atom. The van der Waals surface area contributed by atoms with Crippen molar-refractivity contribution in [2.75, 3.05) is 14.2 Å². The smallest absolute Gasteiger partial charge is 0.143 e. The maximum absolute atomic E-state index is 5.61. The lowest BCUT2D eigenvalue weighted by Crippen LogP contribution is -2.05. The standard InChI is InChI=1S/C20H24N2O3/c1-14-8-6-11-19(16(3)21-24-5)20(14)13-25-22-15(2)17-9-7-10-18(12-17)23-4/h6-12H,13H2,1-5H3/b21-16-,22-15+. The summed E-state index contributed by atoms with van der Waals surface area (Å²) in [6.07, 6.45) is 0. The zero-order valence-electron chi connectivity index (χ0n) is 15.4. The topological polar surface area (TPSA) is 52.4 Å². The average molecular weight is 340 g/mol. The van der Waals surface area contributed by atoms with Crippen molar-refractivity contribution in [2.45, 2.75) is 27.4 Å². The first-order valence-corrected chi connectivity index (χ1v) is 8.04. The van der Waals surface area contributed by atoms with Gasteiger partial charge in [-0.3, -0.25) is 0 Å². The van der Waals surface area contributed by atoms with Crippen molar-refractivity contribution >= 4 is 11.4 Å². The number of nitrogens with zero attached hydrogens (tertiary/aromatic N) is 2. The molecule has 0 heterocycles. The molecule has 0 bridgehead atoms. The molecule has 2 aromatic carbocycles. The molecule has 0 radical (unpaired) electrons. The Bertz CT molecular complexity index is 782. The molecule has 0 spiro atoms. The highest BCUT2D eigenvalue weighted by Crippen LogP contribution is 2.18. The van der Waals surface area contributed by atoms with Crippen molar-refractivity contribution in [3.63, 3.8) is 0 Å². The number of hydrogen-bond acceptors (Lipinski definition) is 5. The van der Waals surface area contributed by atoms with Gasteiger partial charge in [-0.05, 0) is 38.5 Å². The summed E-state index contributed by atoms with van der Waals surface area (Å²) in [7, 11) is 3.18. The zero-order valence-corrected chi connectivity index (χ0v) is 15.4. The maximum atomic E-state index is 5.61. The van der Waals surface area contributed by atoms with Crippen LogP contribution in [0, 0.1) is 6.92 Å². The molecule has 132 valence electrons. The minimum Gasteiger partial charge on any atom is -0.497 e. The number of oxime groups is 2. The Kier molecular flexibility index (Phi) is 6.57. The third kappa shape index (κ3) is 4.83. The monoisotopic (exact) mass is 340 g/mol. The van der Waals surface area contributed by atoms with Gasteiger partial charge in [0.15, 0.2) is 0 Å². The minimum atomic E-state index is 0.361. The highest BCUT2D eigenvalue weighted by Gasteiger charge is 2.10. The van der Waals surface area contributed by atoms with Crippen LogP contribution >= 0.6 is 0 Å². The summed E-state index contributed by atoms with van der Waals surface area (Å²) >= 11 is 0. The molecule has 0 saturated carbocycles. The number of ether oxygens (including phenoxy) is 1. The molecular formula is C20H24N2O3. The summed E-state index contributed by atoms with van der Waals surface area (Å²) in [5, 5.41) is 8.26. The Balaban J connectivity index is 2.17. The van der Waals surface area contributed by atoms with Gasteiger partial charge in [-0.1, -0.05) is 40.6 Å². The Labute approximate surface area is 148 Å². The molecule has 5 heteroatoms. The largest absolute Gasteiger partial charge is 0.497 e. The molecule has 0 saturated heterocycles. The number of hydrogen-bond donors (Lipinski definition) is 0. The summed E-state index contributed by atoms with van der Waals surface area (Å²) in [5.41, 5.74) is 5.72. The second-order valence-corrected chi connectivity index (χ2v) is 5.64. The number of methoxy groups -OCH3 is 1. The van der Waals surface area contributed by atoms with Crippen LogP contribution in [0.3, 0.4) is 0 Å². The van der Waals surface area contributed by atoms with Gasteiger partial charge in [0, 0.05) is 16.7 Å². The van der Waals surface area contributed by atoms with Gasteiger partial charge in [0.1, 0.15) is 19.5 Å². The van der Waals surface area contributed by atoms with E-state index in [1.165, 1.54) is 7.11 Å². The predicted molar refractivity (Wildman–Crippen MR) is 100 cm³/mol. The van der Waals surface area contributed by atoms with Crippen molar-refractivity contribution in [2.24, 2.45) is 10.3 Å². The fourth-order valence-corrected chi connectivity index (χ4v) is 2.51.